The van der Waals surface area contributed by atoms with Gasteiger partial charge in [-0.25, -0.2) is 0 Å². The molecule has 16 heavy (non-hydrogen) atoms. The second kappa shape index (κ2) is 4.18. The quantitative estimate of drug-likeness (QED) is 0.669. The lowest BCUT2D eigenvalue weighted by Crippen LogP contribution is -2.39. The highest BCUT2D eigenvalue weighted by Gasteiger charge is 2.50. The molecule has 2 aliphatic rings. The fourth-order valence-electron chi connectivity index (χ4n) is 4.16. The van der Waals surface area contributed by atoms with E-state index in [0.29, 0.717) is 5.41 Å². The largest absolute Gasteiger partial charge is 0.389 e. The molecule has 0 aromatic rings. The zero-order valence-corrected chi connectivity index (χ0v) is 11.2. The van der Waals surface area contributed by atoms with E-state index >= 15 is 0 Å². The summed E-state index contributed by atoms with van der Waals surface area (Å²) in [7, 11) is 0. The predicted octanol–water partition coefficient (Wildman–Crippen LogP) is 3.78. The summed E-state index contributed by atoms with van der Waals surface area (Å²) in [6, 6.07) is 0. The monoisotopic (exact) mass is 222 g/mol. The molecule has 1 heteroatoms. The molecule has 1 fully saturated rings. The van der Waals surface area contributed by atoms with Crippen LogP contribution in [0.2, 0.25) is 0 Å². The first kappa shape index (κ1) is 12.2. The summed E-state index contributed by atoms with van der Waals surface area (Å²) in [5.41, 5.74) is 1.58. The number of rotatable bonds is 1. The van der Waals surface area contributed by atoms with Crippen LogP contribution in [0.4, 0.5) is 0 Å². The van der Waals surface area contributed by atoms with Crippen molar-refractivity contribution < 1.29 is 5.11 Å². The zero-order chi connectivity index (χ0) is 11.9. The summed E-state index contributed by atoms with van der Waals surface area (Å²) in [5, 5.41) is 10.2. The maximum atomic E-state index is 10.2. The molecule has 4 atom stereocenters. The van der Waals surface area contributed by atoms with Crippen molar-refractivity contribution in [2.45, 2.75) is 59.5 Å². The molecule has 0 radical (unpaired) electrons. The average Bonchev–Trinajstić information content (AvgIpc) is 2.51. The molecule has 1 nitrogen and oxygen atoms in total. The molecule has 0 bridgehead atoms. The van der Waals surface area contributed by atoms with E-state index in [1.54, 1.807) is 0 Å². The van der Waals surface area contributed by atoms with Gasteiger partial charge in [0.2, 0.25) is 0 Å². The number of allylic oxidation sites excluding steroid dienone is 1. The molecule has 92 valence electrons. The Hall–Kier alpha value is -0.300. The van der Waals surface area contributed by atoms with E-state index in [9.17, 15) is 5.11 Å². The topological polar surface area (TPSA) is 20.2 Å². The lowest BCUT2D eigenvalue weighted by molar-refractivity contribution is 0.0327. The second-order valence-corrected chi connectivity index (χ2v) is 6.43. The van der Waals surface area contributed by atoms with E-state index in [0.717, 1.165) is 24.2 Å². The molecule has 0 unspecified atom stereocenters. The Balaban J connectivity index is 2.28. The van der Waals surface area contributed by atoms with Crippen LogP contribution < -0.4 is 0 Å². The van der Waals surface area contributed by atoms with Crippen molar-refractivity contribution in [2.24, 2.45) is 23.2 Å². The molecule has 2 aliphatic carbocycles. The van der Waals surface area contributed by atoms with Gasteiger partial charge < -0.3 is 5.11 Å². The minimum absolute atomic E-state index is 0.185. The maximum absolute atomic E-state index is 10.2. The van der Waals surface area contributed by atoms with Crippen LogP contribution in [-0.2, 0) is 0 Å². The standard InChI is InChI=1S/C15H26O/c1-10(2)13-6-5-12(4)15(13)8-7-11(3)14(16)9-15/h7,10,12-14,16H,5-6,8-9H2,1-4H3/t12-,13-,14-,15-/m1/s1. The highest BCUT2D eigenvalue weighted by molar-refractivity contribution is 5.16. The zero-order valence-electron chi connectivity index (χ0n) is 11.2. The van der Waals surface area contributed by atoms with Crippen molar-refractivity contribution >= 4 is 0 Å². The van der Waals surface area contributed by atoms with Crippen molar-refractivity contribution in [1.82, 2.24) is 0 Å². The summed E-state index contributed by atoms with van der Waals surface area (Å²) in [6.45, 7) is 9.16. The minimum atomic E-state index is -0.185. The van der Waals surface area contributed by atoms with Gasteiger partial charge in [0.1, 0.15) is 0 Å². The van der Waals surface area contributed by atoms with Crippen LogP contribution in [0.5, 0.6) is 0 Å². The van der Waals surface area contributed by atoms with Crippen LogP contribution in [0, 0.1) is 23.2 Å². The van der Waals surface area contributed by atoms with Gasteiger partial charge in [0.05, 0.1) is 6.10 Å². The Morgan fingerprint density at radius 1 is 1.38 bits per heavy atom. The van der Waals surface area contributed by atoms with Crippen molar-refractivity contribution in [3.63, 3.8) is 0 Å². The molecule has 0 aliphatic heterocycles. The predicted molar refractivity (Wildman–Crippen MR) is 68.2 cm³/mol. The van der Waals surface area contributed by atoms with Crippen molar-refractivity contribution in [3.8, 4) is 0 Å². The normalized spacial score (nSPS) is 44.1. The Morgan fingerprint density at radius 2 is 2.06 bits per heavy atom. The summed E-state index contributed by atoms with van der Waals surface area (Å²) in [5.74, 6) is 2.34. The van der Waals surface area contributed by atoms with Gasteiger partial charge in [-0.1, -0.05) is 26.8 Å². The van der Waals surface area contributed by atoms with E-state index in [-0.39, 0.29) is 6.10 Å². The van der Waals surface area contributed by atoms with Crippen LogP contribution in [0.15, 0.2) is 11.6 Å². The molecule has 1 saturated carbocycles. The van der Waals surface area contributed by atoms with E-state index in [1.165, 1.54) is 24.8 Å². The molecule has 1 spiro atoms. The summed E-state index contributed by atoms with van der Waals surface area (Å²) in [4.78, 5) is 0. The van der Waals surface area contributed by atoms with Crippen LogP contribution in [0.1, 0.15) is 53.4 Å². The first-order valence-corrected chi connectivity index (χ1v) is 6.82. The Kier molecular flexibility index (Phi) is 3.18. The summed E-state index contributed by atoms with van der Waals surface area (Å²) < 4.78 is 0. The van der Waals surface area contributed by atoms with E-state index in [1.807, 2.05) is 0 Å². The van der Waals surface area contributed by atoms with Gasteiger partial charge in [0, 0.05) is 0 Å². The average molecular weight is 222 g/mol. The van der Waals surface area contributed by atoms with Crippen LogP contribution in [-0.4, -0.2) is 11.2 Å². The highest BCUT2D eigenvalue weighted by atomic mass is 16.3. The lowest BCUT2D eigenvalue weighted by atomic mass is 9.61. The third-order valence-corrected chi connectivity index (χ3v) is 5.34. The van der Waals surface area contributed by atoms with E-state index in [4.69, 9.17) is 0 Å². The van der Waals surface area contributed by atoms with Crippen molar-refractivity contribution in [1.29, 1.82) is 0 Å². The third-order valence-electron chi connectivity index (χ3n) is 5.34. The summed E-state index contributed by atoms with van der Waals surface area (Å²) in [6.07, 6.45) is 7.02. The van der Waals surface area contributed by atoms with Gasteiger partial charge in [-0.2, -0.15) is 0 Å². The molecule has 0 heterocycles. The van der Waals surface area contributed by atoms with Gasteiger partial charge in [-0.15, -0.1) is 0 Å². The van der Waals surface area contributed by atoms with Gasteiger partial charge >= 0.3 is 0 Å². The first-order valence-electron chi connectivity index (χ1n) is 6.82. The molecule has 0 saturated heterocycles. The van der Waals surface area contributed by atoms with Crippen LogP contribution in [0.3, 0.4) is 0 Å². The van der Waals surface area contributed by atoms with E-state index in [2.05, 4.69) is 33.8 Å². The van der Waals surface area contributed by atoms with Gasteiger partial charge in [0.15, 0.2) is 0 Å². The Bertz CT molecular complexity index is 292. The van der Waals surface area contributed by atoms with Crippen molar-refractivity contribution in [3.05, 3.63) is 11.6 Å². The molecular weight excluding hydrogens is 196 g/mol. The van der Waals surface area contributed by atoms with E-state index < -0.39 is 0 Å². The Labute approximate surface area is 99.9 Å². The van der Waals surface area contributed by atoms with Crippen molar-refractivity contribution in [2.75, 3.05) is 0 Å². The molecule has 0 aromatic carbocycles. The highest BCUT2D eigenvalue weighted by Crippen LogP contribution is 2.57. The number of aliphatic hydroxyl groups is 1. The SMILES string of the molecule is CC1=CC[C@@]2(C[C@H]1O)[C@H](C)CC[C@@H]2C(C)C. The molecule has 1 N–H and O–H groups in total. The fraction of sp³-hybridized carbons (Fsp3) is 0.867. The molecule has 0 aromatic heterocycles. The lowest BCUT2D eigenvalue weighted by Gasteiger charge is -2.45. The van der Waals surface area contributed by atoms with Gasteiger partial charge in [-0.3, -0.25) is 0 Å². The van der Waals surface area contributed by atoms with Crippen LogP contribution >= 0.6 is 0 Å². The smallest absolute Gasteiger partial charge is 0.0753 e. The Morgan fingerprint density at radius 3 is 2.62 bits per heavy atom. The number of hydrogen-bond donors (Lipinski definition) is 1. The maximum Gasteiger partial charge on any atom is 0.0753 e. The number of aliphatic hydroxyl groups excluding tert-OH is 1. The minimum Gasteiger partial charge on any atom is -0.389 e. The number of hydrogen-bond acceptors (Lipinski definition) is 1. The molecule has 0 amide bonds. The molecule has 2 rings (SSSR count). The fourth-order valence-corrected chi connectivity index (χ4v) is 4.16. The third kappa shape index (κ3) is 1.73. The molecular formula is C15H26O. The summed E-state index contributed by atoms with van der Waals surface area (Å²) >= 11 is 0. The second-order valence-electron chi connectivity index (χ2n) is 6.43. The van der Waals surface area contributed by atoms with Crippen LogP contribution in [0.25, 0.3) is 0 Å². The van der Waals surface area contributed by atoms with Gasteiger partial charge in [0.25, 0.3) is 0 Å². The van der Waals surface area contributed by atoms with Gasteiger partial charge in [-0.05, 0) is 61.3 Å². The first-order chi connectivity index (χ1) is 7.47.